The van der Waals surface area contributed by atoms with E-state index in [-0.39, 0.29) is 5.97 Å². The maximum Gasteiger partial charge on any atom is 0.343 e. The minimum atomic E-state index is -0.386. The summed E-state index contributed by atoms with van der Waals surface area (Å²) >= 11 is 6.48. The molecule has 0 radical (unpaired) electrons. The van der Waals surface area contributed by atoms with Crippen LogP contribution in [0.2, 0.25) is 5.02 Å². The van der Waals surface area contributed by atoms with Crippen molar-refractivity contribution in [3.8, 4) is 16.9 Å². The Bertz CT molecular complexity index is 1690. The fourth-order valence-electron chi connectivity index (χ4n) is 4.75. The summed E-state index contributed by atoms with van der Waals surface area (Å²) in [5.74, 6) is 0.112. The number of fused-ring (bicyclic) bond motifs is 3. The van der Waals surface area contributed by atoms with Gasteiger partial charge < -0.3 is 9.30 Å². The summed E-state index contributed by atoms with van der Waals surface area (Å²) in [6.07, 6.45) is 0. The highest BCUT2D eigenvalue weighted by molar-refractivity contribution is 6.32. The smallest absolute Gasteiger partial charge is 0.343 e. The van der Waals surface area contributed by atoms with Crippen LogP contribution < -0.4 is 4.74 Å². The number of rotatable bonds is 5. The average Bonchev–Trinajstić information content (AvgIpc) is 3.22. The molecular weight excluding hydrogens is 466 g/mol. The number of esters is 1. The highest BCUT2D eigenvalue weighted by Crippen LogP contribution is 2.41. The lowest BCUT2D eigenvalue weighted by molar-refractivity contribution is 0.0735. The van der Waals surface area contributed by atoms with Gasteiger partial charge in [0.05, 0.1) is 11.1 Å². The maximum absolute atomic E-state index is 12.9. The highest BCUT2D eigenvalue weighted by Gasteiger charge is 2.19. The number of nitrogens with zero attached hydrogens (tertiary/aromatic N) is 1. The standard InChI is InChI=1S/C32H22ClNO2/c33-25-16-17-29-28(18-25)31-27(23-12-6-2-7-13-23)19-26(36-32(35)24-14-8-3-9-15-24)20-30(31)34(29)21-22-10-4-1-5-11-22/h1-20H,21H2. The molecule has 4 heteroatoms. The van der Waals surface area contributed by atoms with E-state index in [1.165, 1.54) is 5.56 Å². The summed E-state index contributed by atoms with van der Waals surface area (Å²) < 4.78 is 8.18. The van der Waals surface area contributed by atoms with Crippen LogP contribution in [0.4, 0.5) is 0 Å². The molecule has 0 amide bonds. The first-order valence-electron chi connectivity index (χ1n) is 11.8. The third-order valence-corrected chi connectivity index (χ3v) is 6.62. The summed E-state index contributed by atoms with van der Waals surface area (Å²) in [5.41, 5.74) is 5.77. The number of carbonyl (C=O) groups excluding carboxylic acids is 1. The molecule has 0 bridgehead atoms. The summed E-state index contributed by atoms with van der Waals surface area (Å²) in [4.78, 5) is 12.9. The number of hydrogen-bond acceptors (Lipinski definition) is 2. The van der Waals surface area contributed by atoms with Crippen LogP contribution >= 0.6 is 11.6 Å². The van der Waals surface area contributed by atoms with Crippen LogP contribution in [0.5, 0.6) is 5.75 Å². The Morgan fingerprint density at radius 3 is 2.11 bits per heavy atom. The Balaban J connectivity index is 1.61. The van der Waals surface area contributed by atoms with Crippen molar-refractivity contribution in [3.05, 3.63) is 137 Å². The summed E-state index contributed by atoms with van der Waals surface area (Å²) in [6, 6.07) is 39.5. The van der Waals surface area contributed by atoms with Gasteiger partial charge >= 0.3 is 5.97 Å². The second kappa shape index (κ2) is 9.37. The van der Waals surface area contributed by atoms with Gasteiger partial charge in [0.15, 0.2) is 0 Å². The second-order valence-electron chi connectivity index (χ2n) is 8.72. The van der Waals surface area contributed by atoms with Gasteiger partial charge in [0.2, 0.25) is 0 Å². The minimum Gasteiger partial charge on any atom is -0.423 e. The molecule has 0 spiro atoms. The molecular formula is C32H22ClNO2. The number of hydrogen-bond donors (Lipinski definition) is 0. The van der Waals surface area contributed by atoms with Gasteiger partial charge in [-0.3, -0.25) is 0 Å². The lowest BCUT2D eigenvalue weighted by Gasteiger charge is -2.12. The van der Waals surface area contributed by atoms with Crippen molar-refractivity contribution in [1.29, 1.82) is 0 Å². The van der Waals surface area contributed by atoms with Crippen molar-refractivity contribution in [2.45, 2.75) is 6.54 Å². The number of benzene rings is 5. The van der Waals surface area contributed by atoms with Crippen LogP contribution in [0.15, 0.2) is 121 Å². The zero-order valence-corrected chi connectivity index (χ0v) is 20.2. The SMILES string of the molecule is O=C(Oc1cc(-c2ccccc2)c2c3cc(Cl)ccc3n(Cc3ccccc3)c2c1)c1ccccc1. The molecule has 5 aromatic carbocycles. The molecule has 0 fully saturated rings. The van der Waals surface area contributed by atoms with Gasteiger partial charge in [-0.2, -0.15) is 0 Å². The second-order valence-corrected chi connectivity index (χ2v) is 9.16. The molecule has 6 aromatic rings. The molecule has 0 aliphatic heterocycles. The van der Waals surface area contributed by atoms with Crippen LogP contribution in [-0.4, -0.2) is 10.5 Å². The van der Waals surface area contributed by atoms with Crippen LogP contribution in [0.25, 0.3) is 32.9 Å². The predicted molar refractivity (Wildman–Crippen MR) is 147 cm³/mol. The molecule has 0 saturated carbocycles. The number of ether oxygens (including phenoxy) is 1. The van der Waals surface area contributed by atoms with E-state index < -0.39 is 0 Å². The summed E-state index contributed by atoms with van der Waals surface area (Å²) in [7, 11) is 0. The van der Waals surface area contributed by atoms with Gasteiger partial charge in [0.1, 0.15) is 5.75 Å². The first kappa shape index (κ1) is 22.1. The molecule has 0 N–H and O–H groups in total. The van der Waals surface area contributed by atoms with Gasteiger partial charge in [-0.1, -0.05) is 90.5 Å². The Morgan fingerprint density at radius 1 is 0.722 bits per heavy atom. The van der Waals surface area contributed by atoms with Crippen molar-refractivity contribution < 1.29 is 9.53 Å². The fraction of sp³-hybridized carbons (Fsp3) is 0.0312. The minimum absolute atomic E-state index is 0.386. The average molecular weight is 488 g/mol. The molecule has 1 aromatic heterocycles. The molecule has 0 aliphatic rings. The van der Waals surface area contributed by atoms with Gasteiger partial charge in [-0.05, 0) is 53.1 Å². The van der Waals surface area contributed by atoms with E-state index in [2.05, 4.69) is 34.9 Å². The van der Waals surface area contributed by atoms with E-state index in [0.717, 1.165) is 32.9 Å². The topological polar surface area (TPSA) is 31.2 Å². The molecule has 0 unspecified atom stereocenters. The Hall–Kier alpha value is -4.34. The van der Waals surface area contributed by atoms with E-state index in [9.17, 15) is 4.79 Å². The molecule has 1 heterocycles. The van der Waals surface area contributed by atoms with E-state index in [1.807, 2.05) is 78.9 Å². The lowest BCUT2D eigenvalue weighted by Crippen LogP contribution is -2.08. The molecule has 0 saturated heterocycles. The maximum atomic E-state index is 12.9. The van der Waals surface area contributed by atoms with Crippen molar-refractivity contribution >= 4 is 39.4 Å². The molecule has 36 heavy (non-hydrogen) atoms. The van der Waals surface area contributed by atoms with Gasteiger partial charge in [0, 0.05) is 33.9 Å². The van der Waals surface area contributed by atoms with Crippen LogP contribution in [-0.2, 0) is 6.54 Å². The van der Waals surface area contributed by atoms with Crippen molar-refractivity contribution in [2.75, 3.05) is 0 Å². The number of aromatic nitrogens is 1. The summed E-state index contributed by atoms with van der Waals surface area (Å²) in [5, 5.41) is 2.82. The highest BCUT2D eigenvalue weighted by atomic mass is 35.5. The number of carbonyl (C=O) groups is 1. The fourth-order valence-corrected chi connectivity index (χ4v) is 4.92. The van der Waals surface area contributed by atoms with E-state index in [4.69, 9.17) is 16.3 Å². The third-order valence-electron chi connectivity index (χ3n) is 6.39. The van der Waals surface area contributed by atoms with Crippen LogP contribution in [0.1, 0.15) is 15.9 Å². The van der Waals surface area contributed by atoms with Gasteiger partial charge in [0.25, 0.3) is 0 Å². The quantitative estimate of drug-likeness (QED) is 0.180. The van der Waals surface area contributed by atoms with E-state index >= 15 is 0 Å². The largest absolute Gasteiger partial charge is 0.423 e. The van der Waals surface area contributed by atoms with Gasteiger partial charge in [-0.15, -0.1) is 0 Å². The van der Waals surface area contributed by atoms with Gasteiger partial charge in [-0.25, -0.2) is 4.79 Å². The van der Waals surface area contributed by atoms with Crippen molar-refractivity contribution in [3.63, 3.8) is 0 Å². The molecule has 3 nitrogen and oxygen atoms in total. The zero-order valence-electron chi connectivity index (χ0n) is 19.4. The Morgan fingerprint density at radius 2 is 1.39 bits per heavy atom. The summed E-state index contributed by atoms with van der Waals surface area (Å²) in [6.45, 7) is 0.673. The molecule has 0 atom stereocenters. The first-order valence-corrected chi connectivity index (χ1v) is 12.2. The molecule has 0 aliphatic carbocycles. The molecule has 6 rings (SSSR count). The van der Waals surface area contributed by atoms with E-state index in [1.54, 1.807) is 12.1 Å². The normalized spacial score (nSPS) is 11.1. The lowest BCUT2D eigenvalue weighted by atomic mass is 9.99. The Kier molecular flexibility index (Phi) is 5.76. The van der Waals surface area contributed by atoms with E-state index in [0.29, 0.717) is 22.9 Å². The monoisotopic (exact) mass is 487 g/mol. The van der Waals surface area contributed by atoms with Crippen LogP contribution in [0, 0.1) is 0 Å². The predicted octanol–water partition coefficient (Wildman–Crippen LogP) is 8.38. The Labute approximate surface area is 214 Å². The first-order chi connectivity index (χ1) is 17.7. The third kappa shape index (κ3) is 4.15. The molecule has 174 valence electrons. The van der Waals surface area contributed by atoms with Crippen molar-refractivity contribution in [2.24, 2.45) is 0 Å². The number of halogens is 1. The van der Waals surface area contributed by atoms with Crippen LogP contribution in [0.3, 0.4) is 0 Å². The zero-order chi connectivity index (χ0) is 24.5. The van der Waals surface area contributed by atoms with Crippen molar-refractivity contribution in [1.82, 2.24) is 4.57 Å².